The second-order valence-electron chi connectivity index (χ2n) is 8.37. The largest absolute Gasteiger partial charge is 0.507 e. The third-order valence-electron chi connectivity index (χ3n) is 6.15. The number of Topliss-reactive ketones (excluding diaryl/α,β-unsaturated/α-hetero) is 1. The molecule has 33 heavy (non-hydrogen) atoms. The summed E-state index contributed by atoms with van der Waals surface area (Å²) >= 11 is 5.99. The standard InChI is InChI=1S/C26H32ClN3O3/c1-5-29(6-2)16-7-17-30-23(18-10-14-21(15-11-18)28(3)4)22(25(32)26(30)33)24(31)19-8-12-20(27)13-9-19/h8-15,23,31H,5-7,16-17H2,1-4H3. The molecule has 1 fully saturated rings. The number of hydrogen-bond donors (Lipinski definition) is 1. The number of aliphatic hydroxyl groups excluding tert-OH is 1. The van der Waals surface area contributed by atoms with E-state index in [2.05, 4.69) is 18.7 Å². The summed E-state index contributed by atoms with van der Waals surface area (Å²) in [5.41, 5.74) is 2.37. The SMILES string of the molecule is CCN(CC)CCCN1C(=O)C(=O)C(=C(O)c2ccc(Cl)cc2)C1c1ccc(N(C)C)cc1. The van der Waals surface area contributed by atoms with Crippen molar-refractivity contribution in [3.05, 3.63) is 70.3 Å². The molecule has 1 heterocycles. The number of carbonyl (C=O) groups is 2. The Morgan fingerprint density at radius 1 is 1.00 bits per heavy atom. The number of benzene rings is 2. The number of amides is 1. The molecule has 2 aromatic carbocycles. The molecule has 0 spiro atoms. The van der Waals surface area contributed by atoms with Crippen molar-refractivity contribution in [1.82, 2.24) is 9.80 Å². The lowest BCUT2D eigenvalue weighted by Crippen LogP contribution is -2.33. The highest BCUT2D eigenvalue weighted by atomic mass is 35.5. The zero-order valence-electron chi connectivity index (χ0n) is 19.7. The number of likely N-dealkylation sites (tertiary alicyclic amines) is 1. The Hall–Kier alpha value is -2.83. The van der Waals surface area contributed by atoms with Crippen molar-refractivity contribution in [2.45, 2.75) is 26.3 Å². The van der Waals surface area contributed by atoms with Gasteiger partial charge in [0.25, 0.3) is 11.7 Å². The molecule has 0 aliphatic carbocycles. The molecule has 3 rings (SSSR count). The molecule has 0 saturated carbocycles. The highest BCUT2D eigenvalue weighted by Crippen LogP contribution is 2.40. The van der Waals surface area contributed by atoms with Gasteiger partial charge >= 0.3 is 0 Å². The number of hydrogen-bond acceptors (Lipinski definition) is 5. The topological polar surface area (TPSA) is 64.1 Å². The smallest absolute Gasteiger partial charge is 0.295 e. The van der Waals surface area contributed by atoms with E-state index in [9.17, 15) is 14.7 Å². The first kappa shape index (κ1) is 24.8. The van der Waals surface area contributed by atoms with Crippen molar-refractivity contribution in [3.8, 4) is 0 Å². The van der Waals surface area contributed by atoms with Gasteiger partial charge < -0.3 is 19.8 Å². The normalized spacial score (nSPS) is 17.8. The fourth-order valence-corrected chi connectivity index (χ4v) is 4.31. The number of ketones is 1. The molecule has 0 bridgehead atoms. The quantitative estimate of drug-likeness (QED) is 0.331. The molecule has 1 amide bonds. The molecule has 1 atom stereocenters. The number of nitrogens with zero attached hydrogens (tertiary/aromatic N) is 3. The summed E-state index contributed by atoms with van der Waals surface area (Å²) in [5.74, 6) is -1.42. The molecule has 1 aliphatic rings. The highest BCUT2D eigenvalue weighted by molar-refractivity contribution is 6.46. The van der Waals surface area contributed by atoms with Gasteiger partial charge in [-0.1, -0.05) is 37.6 Å². The van der Waals surface area contributed by atoms with E-state index in [1.54, 1.807) is 29.2 Å². The van der Waals surface area contributed by atoms with Crippen molar-refractivity contribution in [2.24, 2.45) is 0 Å². The van der Waals surface area contributed by atoms with E-state index in [1.807, 2.05) is 43.3 Å². The van der Waals surface area contributed by atoms with Gasteiger partial charge in [-0.3, -0.25) is 9.59 Å². The van der Waals surface area contributed by atoms with Crippen LogP contribution in [0.1, 0.15) is 37.4 Å². The maximum Gasteiger partial charge on any atom is 0.295 e. The number of carbonyl (C=O) groups excluding carboxylic acids is 2. The second-order valence-corrected chi connectivity index (χ2v) is 8.80. The van der Waals surface area contributed by atoms with Crippen molar-refractivity contribution < 1.29 is 14.7 Å². The molecular weight excluding hydrogens is 438 g/mol. The molecule has 1 saturated heterocycles. The van der Waals surface area contributed by atoms with Gasteiger partial charge in [0.05, 0.1) is 11.6 Å². The summed E-state index contributed by atoms with van der Waals surface area (Å²) in [4.78, 5) is 32.0. The van der Waals surface area contributed by atoms with Crippen LogP contribution in [0.3, 0.4) is 0 Å². The molecule has 0 aromatic heterocycles. The number of anilines is 1. The maximum absolute atomic E-state index is 13.1. The summed E-state index contributed by atoms with van der Waals surface area (Å²) in [6.07, 6.45) is 0.738. The van der Waals surface area contributed by atoms with E-state index < -0.39 is 17.7 Å². The molecule has 1 aliphatic heterocycles. The summed E-state index contributed by atoms with van der Waals surface area (Å²) in [5, 5.41) is 11.6. The van der Waals surface area contributed by atoms with Gasteiger partial charge in [0.15, 0.2) is 0 Å². The van der Waals surface area contributed by atoms with Gasteiger partial charge in [0.1, 0.15) is 5.76 Å². The van der Waals surface area contributed by atoms with Crippen LogP contribution in [0.4, 0.5) is 5.69 Å². The Balaban J connectivity index is 2.03. The molecule has 1 N–H and O–H groups in total. The molecule has 6 nitrogen and oxygen atoms in total. The molecule has 2 aromatic rings. The summed E-state index contributed by atoms with van der Waals surface area (Å²) in [7, 11) is 3.91. The monoisotopic (exact) mass is 469 g/mol. The van der Waals surface area contributed by atoms with Gasteiger partial charge in [0, 0.05) is 36.9 Å². The second kappa shape index (κ2) is 10.9. The van der Waals surface area contributed by atoms with E-state index in [-0.39, 0.29) is 11.3 Å². The van der Waals surface area contributed by atoms with Crippen LogP contribution in [0.15, 0.2) is 54.1 Å². The molecular formula is C26H32ClN3O3. The Morgan fingerprint density at radius 3 is 2.15 bits per heavy atom. The van der Waals surface area contributed by atoms with E-state index >= 15 is 0 Å². The van der Waals surface area contributed by atoms with Crippen molar-refractivity contribution in [1.29, 1.82) is 0 Å². The predicted octanol–water partition coefficient (Wildman–Crippen LogP) is 4.56. The number of halogens is 1. The van der Waals surface area contributed by atoms with Crippen LogP contribution >= 0.6 is 11.6 Å². The Bertz CT molecular complexity index is 1010. The number of rotatable bonds is 9. The third kappa shape index (κ3) is 5.40. The van der Waals surface area contributed by atoms with Gasteiger partial charge in [-0.15, -0.1) is 0 Å². The molecule has 1 unspecified atom stereocenters. The lowest BCUT2D eigenvalue weighted by Gasteiger charge is -2.27. The first-order valence-corrected chi connectivity index (χ1v) is 11.7. The van der Waals surface area contributed by atoms with E-state index in [1.165, 1.54) is 0 Å². The van der Waals surface area contributed by atoms with E-state index in [4.69, 9.17) is 11.6 Å². The minimum Gasteiger partial charge on any atom is -0.507 e. The lowest BCUT2D eigenvalue weighted by molar-refractivity contribution is -0.140. The first-order valence-electron chi connectivity index (χ1n) is 11.3. The van der Waals surface area contributed by atoms with Gasteiger partial charge in [-0.05, 0) is 68.0 Å². The Kier molecular flexibility index (Phi) is 8.16. The molecule has 176 valence electrons. The molecule has 7 heteroatoms. The fourth-order valence-electron chi connectivity index (χ4n) is 4.18. The van der Waals surface area contributed by atoms with E-state index in [0.717, 1.165) is 37.3 Å². The van der Waals surface area contributed by atoms with Crippen LogP contribution in [0.25, 0.3) is 5.76 Å². The lowest BCUT2D eigenvalue weighted by atomic mass is 9.95. The van der Waals surface area contributed by atoms with Gasteiger partial charge in [-0.2, -0.15) is 0 Å². The minimum absolute atomic E-state index is 0.114. The summed E-state index contributed by atoms with van der Waals surface area (Å²) in [6.45, 7) is 7.34. The average molecular weight is 470 g/mol. The fraction of sp³-hybridized carbons (Fsp3) is 0.385. The van der Waals surface area contributed by atoms with Crippen LogP contribution in [0, 0.1) is 0 Å². The predicted molar refractivity (Wildman–Crippen MR) is 134 cm³/mol. The Labute approximate surface area is 201 Å². The molecule has 0 radical (unpaired) electrons. The van der Waals surface area contributed by atoms with E-state index in [0.29, 0.717) is 17.1 Å². The Morgan fingerprint density at radius 2 is 1.61 bits per heavy atom. The number of aliphatic hydroxyl groups is 1. The minimum atomic E-state index is -0.660. The summed E-state index contributed by atoms with van der Waals surface area (Å²) in [6, 6.07) is 13.7. The van der Waals surface area contributed by atoms with Crippen molar-refractivity contribution in [3.63, 3.8) is 0 Å². The third-order valence-corrected chi connectivity index (χ3v) is 6.40. The van der Waals surface area contributed by atoms with Gasteiger partial charge in [-0.25, -0.2) is 0 Å². The van der Waals surface area contributed by atoms with Crippen LogP contribution in [-0.4, -0.2) is 66.9 Å². The summed E-state index contributed by atoms with van der Waals surface area (Å²) < 4.78 is 0. The van der Waals surface area contributed by atoms with Crippen LogP contribution in [0.2, 0.25) is 5.02 Å². The first-order chi connectivity index (χ1) is 15.8. The highest BCUT2D eigenvalue weighted by Gasteiger charge is 2.45. The maximum atomic E-state index is 13.1. The van der Waals surface area contributed by atoms with Crippen LogP contribution in [0.5, 0.6) is 0 Å². The zero-order chi connectivity index (χ0) is 24.1. The zero-order valence-corrected chi connectivity index (χ0v) is 20.5. The average Bonchev–Trinajstić information content (AvgIpc) is 3.07. The van der Waals surface area contributed by atoms with Crippen molar-refractivity contribution in [2.75, 3.05) is 45.2 Å². The van der Waals surface area contributed by atoms with Crippen molar-refractivity contribution >= 4 is 34.7 Å². The van der Waals surface area contributed by atoms with Crippen LogP contribution in [-0.2, 0) is 9.59 Å². The van der Waals surface area contributed by atoms with Crippen LogP contribution < -0.4 is 4.90 Å². The van der Waals surface area contributed by atoms with Gasteiger partial charge in [0.2, 0.25) is 0 Å².